The molecular weight excluding hydrogens is 298 g/mol. The largest absolute Gasteiger partial charge is 0.382 e. The highest BCUT2D eigenvalue weighted by Gasteiger charge is 2.24. The minimum atomic E-state index is 0.0978. The zero-order valence-corrected chi connectivity index (χ0v) is 13.2. The van der Waals surface area contributed by atoms with Crippen molar-refractivity contribution in [2.75, 3.05) is 40.0 Å². The summed E-state index contributed by atoms with van der Waals surface area (Å²) in [6.07, 6.45) is 2.00. The second-order valence-corrected chi connectivity index (χ2v) is 6.62. The summed E-state index contributed by atoms with van der Waals surface area (Å²) < 4.78 is 11.2. The summed E-state index contributed by atoms with van der Waals surface area (Å²) in [5.74, 6) is 0.642. The van der Waals surface area contributed by atoms with Crippen molar-refractivity contribution in [2.45, 2.75) is 12.8 Å². The molecule has 1 fully saturated rings. The first kappa shape index (κ1) is 15.8. The first-order chi connectivity index (χ1) is 9.70. The van der Waals surface area contributed by atoms with Crippen LogP contribution in [0.25, 0.3) is 0 Å². The average molecular weight is 318 g/mol. The molecule has 4 nitrogen and oxygen atoms in total. The number of amides is 1. The maximum absolute atomic E-state index is 12.2. The third kappa shape index (κ3) is 4.45. The Morgan fingerprint density at radius 2 is 2.15 bits per heavy atom. The Morgan fingerprint density at radius 1 is 1.40 bits per heavy atom. The van der Waals surface area contributed by atoms with Crippen LogP contribution < -0.4 is 0 Å². The molecule has 0 saturated carbocycles. The molecule has 0 spiro atoms. The summed E-state index contributed by atoms with van der Waals surface area (Å²) in [7, 11) is 1.67. The van der Waals surface area contributed by atoms with Crippen molar-refractivity contribution in [3.05, 3.63) is 21.3 Å². The number of rotatable bonds is 6. The van der Waals surface area contributed by atoms with E-state index in [-0.39, 0.29) is 5.91 Å². The molecule has 112 valence electrons. The van der Waals surface area contributed by atoms with Crippen molar-refractivity contribution in [3.8, 4) is 0 Å². The molecular formula is C14H20ClNO3S. The van der Waals surface area contributed by atoms with Crippen LogP contribution in [0.5, 0.6) is 0 Å². The third-order valence-corrected chi connectivity index (χ3v) is 4.69. The Balaban J connectivity index is 1.72. The van der Waals surface area contributed by atoms with Crippen molar-refractivity contribution >= 4 is 28.8 Å². The summed E-state index contributed by atoms with van der Waals surface area (Å²) in [5, 5.41) is 0. The molecule has 0 aliphatic carbocycles. The van der Waals surface area contributed by atoms with Gasteiger partial charge < -0.3 is 14.4 Å². The normalized spacial score (nSPS) is 16.6. The number of ether oxygens (including phenoxy) is 2. The fourth-order valence-corrected chi connectivity index (χ4v) is 3.29. The van der Waals surface area contributed by atoms with Crippen molar-refractivity contribution < 1.29 is 14.3 Å². The van der Waals surface area contributed by atoms with Crippen LogP contribution in [0.2, 0.25) is 4.34 Å². The van der Waals surface area contributed by atoms with E-state index in [1.165, 1.54) is 11.3 Å². The summed E-state index contributed by atoms with van der Waals surface area (Å²) in [5.41, 5.74) is 0. The summed E-state index contributed by atoms with van der Waals surface area (Å²) in [6, 6.07) is 3.57. The van der Waals surface area contributed by atoms with Gasteiger partial charge in [0.25, 0.3) is 5.91 Å². The number of hydrogen-bond donors (Lipinski definition) is 0. The van der Waals surface area contributed by atoms with Crippen LogP contribution >= 0.6 is 22.9 Å². The first-order valence-electron chi connectivity index (χ1n) is 6.82. The molecule has 1 saturated heterocycles. The molecule has 2 rings (SSSR count). The molecule has 0 aromatic carbocycles. The minimum absolute atomic E-state index is 0.0978. The number of carbonyl (C=O) groups is 1. The molecule has 0 radical (unpaired) electrons. The van der Waals surface area contributed by atoms with Crippen LogP contribution in [-0.2, 0) is 9.47 Å². The van der Waals surface area contributed by atoms with E-state index in [0.717, 1.165) is 37.4 Å². The van der Waals surface area contributed by atoms with Gasteiger partial charge in [0.05, 0.1) is 22.4 Å². The van der Waals surface area contributed by atoms with Gasteiger partial charge in [-0.3, -0.25) is 4.79 Å². The Bertz CT molecular complexity index is 430. The van der Waals surface area contributed by atoms with Gasteiger partial charge in [0.2, 0.25) is 0 Å². The molecule has 1 aliphatic heterocycles. The molecule has 0 atom stereocenters. The van der Waals surface area contributed by atoms with E-state index < -0.39 is 0 Å². The number of methoxy groups -OCH3 is 1. The highest BCUT2D eigenvalue weighted by molar-refractivity contribution is 7.17. The number of hydrogen-bond acceptors (Lipinski definition) is 4. The standard InChI is InChI=1S/C14H20ClNO3S/c1-18-8-9-19-10-11-4-6-16(7-5-11)14(17)12-2-3-13(15)20-12/h2-3,11H,4-10H2,1H3. The second-order valence-electron chi connectivity index (χ2n) is 4.91. The van der Waals surface area contributed by atoms with E-state index in [9.17, 15) is 4.79 Å². The van der Waals surface area contributed by atoms with Gasteiger partial charge in [-0.25, -0.2) is 0 Å². The van der Waals surface area contributed by atoms with Gasteiger partial charge in [-0.2, -0.15) is 0 Å². The van der Waals surface area contributed by atoms with E-state index in [4.69, 9.17) is 21.1 Å². The smallest absolute Gasteiger partial charge is 0.263 e. The monoisotopic (exact) mass is 317 g/mol. The van der Waals surface area contributed by atoms with E-state index in [1.807, 2.05) is 4.90 Å². The third-order valence-electron chi connectivity index (χ3n) is 3.47. The SMILES string of the molecule is COCCOCC1CCN(C(=O)c2ccc(Cl)s2)CC1. The van der Waals surface area contributed by atoms with Crippen LogP contribution in [0.3, 0.4) is 0 Å². The van der Waals surface area contributed by atoms with Crippen LogP contribution in [-0.4, -0.2) is 50.8 Å². The van der Waals surface area contributed by atoms with E-state index in [2.05, 4.69) is 0 Å². The molecule has 1 aromatic rings. The Labute approximate surface area is 128 Å². The summed E-state index contributed by atoms with van der Waals surface area (Å²) in [6.45, 7) is 3.63. The maximum Gasteiger partial charge on any atom is 0.263 e. The number of likely N-dealkylation sites (tertiary alicyclic amines) is 1. The lowest BCUT2D eigenvalue weighted by Crippen LogP contribution is -2.39. The fourth-order valence-electron chi connectivity index (χ4n) is 2.28. The molecule has 1 aromatic heterocycles. The van der Waals surface area contributed by atoms with Crippen LogP contribution in [0.4, 0.5) is 0 Å². The minimum Gasteiger partial charge on any atom is -0.382 e. The molecule has 6 heteroatoms. The van der Waals surface area contributed by atoms with Crippen LogP contribution in [0, 0.1) is 5.92 Å². The van der Waals surface area contributed by atoms with Gasteiger partial charge in [0.1, 0.15) is 0 Å². The van der Waals surface area contributed by atoms with E-state index >= 15 is 0 Å². The summed E-state index contributed by atoms with van der Waals surface area (Å²) in [4.78, 5) is 14.9. The van der Waals surface area contributed by atoms with Gasteiger partial charge in [-0.1, -0.05) is 11.6 Å². The van der Waals surface area contributed by atoms with E-state index in [1.54, 1.807) is 19.2 Å². The predicted octanol–water partition coefficient (Wildman–Crippen LogP) is 2.92. The zero-order valence-electron chi connectivity index (χ0n) is 11.6. The number of thiophene rings is 1. The first-order valence-corrected chi connectivity index (χ1v) is 8.01. The maximum atomic E-state index is 12.2. The predicted molar refractivity (Wildman–Crippen MR) is 80.7 cm³/mol. The molecule has 1 amide bonds. The molecule has 2 heterocycles. The Hall–Kier alpha value is -0.620. The lowest BCUT2D eigenvalue weighted by atomic mass is 9.98. The lowest BCUT2D eigenvalue weighted by Gasteiger charge is -2.31. The number of halogens is 1. The van der Waals surface area contributed by atoms with Crippen molar-refractivity contribution in [3.63, 3.8) is 0 Å². The highest BCUT2D eigenvalue weighted by atomic mass is 35.5. The topological polar surface area (TPSA) is 38.8 Å². The highest BCUT2D eigenvalue weighted by Crippen LogP contribution is 2.25. The molecule has 0 bridgehead atoms. The molecule has 0 unspecified atom stereocenters. The zero-order chi connectivity index (χ0) is 14.4. The average Bonchev–Trinajstić information content (AvgIpc) is 2.90. The van der Waals surface area contributed by atoms with Crippen molar-refractivity contribution in [1.29, 1.82) is 0 Å². The number of carbonyl (C=O) groups excluding carboxylic acids is 1. The van der Waals surface area contributed by atoms with E-state index in [0.29, 0.717) is 23.5 Å². The van der Waals surface area contributed by atoms with Crippen molar-refractivity contribution in [1.82, 2.24) is 4.90 Å². The summed E-state index contributed by atoms with van der Waals surface area (Å²) >= 11 is 7.22. The quantitative estimate of drug-likeness (QED) is 0.757. The molecule has 0 N–H and O–H groups in total. The number of piperidine rings is 1. The Kier molecular flexibility index (Phi) is 6.29. The van der Waals surface area contributed by atoms with Gasteiger partial charge >= 0.3 is 0 Å². The van der Waals surface area contributed by atoms with Gasteiger partial charge in [-0.15, -0.1) is 11.3 Å². The second kappa shape index (κ2) is 7.98. The lowest BCUT2D eigenvalue weighted by molar-refractivity contribution is 0.0328. The van der Waals surface area contributed by atoms with Gasteiger partial charge in [-0.05, 0) is 30.9 Å². The van der Waals surface area contributed by atoms with Gasteiger partial charge in [0.15, 0.2) is 0 Å². The fraction of sp³-hybridized carbons (Fsp3) is 0.643. The Morgan fingerprint density at radius 3 is 2.75 bits per heavy atom. The van der Waals surface area contributed by atoms with Gasteiger partial charge in [0, 0.05) is 26.8 Å². The van der Waals surface area contributed by atoms with Crippen molar-refractivity contribution in [2.24, 2.45) is 5.92 Å². The van der Waals surface area contributed by atoms with Crippen LogP contribution in [0.15, 0.2) is 12.1 Å². The van der Waals surface area contributed by atoms with Crippen LogP contribution in [0.1, 0.15) is 22.5 Å². The molecule has 20 heavy (non-hydrogen) atoms. The molecule has 1 aliphatic rings. The number of nitrogens with zero attached hydrogens (tertiary/aromatic N) is 1.